The van der Waals surface area contributed by atoms with Gasteiger partial charge in [-0.3, -0.25) is 10.1 Å². The van der Waals surface area contributed by atoms with E-state index in [1.807, 2.05) is 30.3 Å². The van der Waals surface area contributed by atoms with Crippen LogP contribution >= 0.6 is 0 Å². The fourth-order valence-corrected chi connectivity index (χ4v) is 1.72. The number of nitro groups is 1. The smallest absolute Gasteiger partial charge is 0.318 e. The van der Waals surface area contributed by atoms with Crippen molar-refractivity contribution in [1.29, 1.82) is 0 Å². The number of nitrogens with zero attached hydrogens (tertiary/aromatic N) is 2. The summed E-state index contributed by atoms with van der Waals surface area (Å²) in [5.41, 5.74) is 1.78. The second-order valence-corrected chi connectivity index (χ2v) is 4.19. The topological polar surface area (TPSA) is 81.8 Å². The van der Waals surface area contributed by atoms with Gasteiger partial charge in [-0.2, -0.15) is 0 Å². The van der Waals surface area contributed by atoms with Crippen molar-refractivity contribution in [3.05, 3.63) is 75.8 Å². The predicted octanol–water partition coefficient (Wildman–Crippen LogP) is 2.91. The second-order valence-electron chi connectivity index (χ2n) is 4.19. The van der Waals surface area contributed by atoms with Gasteiger partial charge in [0, 0.05) is 30.2 Å². The molecule has 2 aromatic rings. The van der Waals surface area contributed by atoms with E-state index < -0.39 is 10.9 Å². The Morgan fingerprint density at radius 2 is 1.62 bits per heavy atom. The first-order valence-corrected chi connectivity index (χ1v) is 6.14. The Morgan fingerprint density at radius 3 is 2.14 bits per heavy atom. The summed E-state index contributed by atoms with van der Waals surface area (Å²) in [7, 11) is 0. The number of non-ortho nitro benzene ring substituents is 1. The molecule has 6 nitrogen and oxygen atoms in total. The molecule has 0 aromatic heterocycles. The van der Waals surface area contributed by atoms with Crippen LogP contribution in [-0.2, 0) is 9.63 Å². The van der Waals surface area contributed by atoms with Crippen LogP contribution in [0.25, 0.3) is 0 Å². The zero-order chi connectivity index (χ0) is 15.2. The van der Waals surface area contributed by atoms with Crippen LogP contribution in [-0.4, -0.2) is 16.6 Å². The average molecular weight is 284 g/mol. The van der Waals surface area contributed by atoms with Crippen LogP contribution in [0, 0.1) is 10.1 Å². The van der Waals surface area contributed by atoms with E-state index in [0.29, 0.717) is 11.3 Å². The molecule has 0 aliphatic carbocycles. The highest BCUT2D eigenvalue weighted by atomic mass is 16.7. The van der Waals surface area contributed by atoms with Gasteiger partial charge in [0.2, 0.25) is 0 Å². The van der Waals surface area contributed by atoms with Gasteiger partial charge in [-0.05, 0) is 12.1 Å². The highest BCUT2D eigenvalue weighted by molar-refractivity contribution is 6.12. The largest absolute Gasteiger partial charge is 0.332 e. The molecule has 21 heavy (non-hydrogen) atoms. The minimum absolute atomic E-state index is 0.0151. The zero-order valence-electron chi connectivity index (χ0n) is 11.2. The molecule has 0 saturated heterocycles. The molecule has 0 aliphatic heterocycles. The van der Waals surface area contributed by atoms with Gasteiger partial charge in [0.05, 0.1) is 4.92 Å². The monoisotopic (exact) mass is 284 g/mol. The van der Waals surface area contributed by atoms with Gasteiger partial charge in [0.15, 0.2) is 0 Å². The molecule has 0 unspecified atom stereocenters. The first-order chi connectivity index (χ1) is 10.1. The van der Waals surface area contributed by atoms with Crippen LogP contribution in [0.1, 0.15) is 18.1 Å². The van der Waals surface area contributed by atoms with Crippen LogP contribution in [0.4, 0.5) is 5.69 Å². The molecule has 6 heteroatoms. The summed E-state index contributed by atoms with van der Waals surface area (Å²) in [6.45, 7) is 1.25. The maximum absolute atomic E-state index is 10.9. The third-order valence-electron chi connectivity index (χ3n) is 2.66. The summed E-state index contributed by atoms with van der Waals surface area (Å²) >= 11 is 0. The van der Waals surface area contributed by atoms with Crippen molar-refractivity contribution in [2.45, 2.75) is 6.92 Å². The van der Waals surface area contributed by atoms with Crippen molar-refractivity contribution in [2.75, 3.05) is 0 Å². The van der Waals surface area contributed by atoms with E-state index in [2.05, 4.69) is 5.16 Å². The number of nitro benzene ring substituents is 1. The lowest BCUT2D eigenvalue weighted by molar-refractivity contribution is -0.384. The first-order valence-electron chi connectivity index (χ1n) is 6.14. The number of oxime groups is 1. The molecule has 0 amide bonds. The van der Waals surface area contributed by atoms with Crippen molar-refractivity contribution in [1.82, 2.24) is 0 Å². The van der Waals surface area contributed by atoms with Crippen LogP contribution in [0.3, 0.4) is 0 Å². The highest BCUT2D eigenvalue weighted by Gasteiger charge is 2.11. The van der Waals surface area contributed by atoms with E-state index in [0.717, 1.165) is 5.56 Å². The molecule has 0 atom stereocenters. The Kier molecular flexibility index (Phi) is 4.40. The van der Waals surface area contributed by atoms with E-state index >= 15 is 0 Å². The number of benzene rings is 2. The molecule has 0 fully saturated rings. The summed E-state index contributed by atoms with van der Waals surface area (Å²) in [4.78, 5) is 25.8. The lowest BCUT2D eigenvalue weighted by Gasteiger charge is -2.06. The Labute approximate surface area is 120 Å². The van der Waals surface area contributed by atoms with Crippen LogP contribution in [0.5, 0.6) is 0 Å². The summed E-state index contributed by atoms with van der Waals surface area (Å²) in [6.07, 6.45) is 0. The minimum Gasteiger partial charge on any atom is -0.318 e. The Balaban J connectivity index is 2.42. The molecule has 2 aromatic carbocycles. The maximum Gasteiger partial charge on any atom is 0.332 e. The number of hydrogen-bond acceptors (Lipinski definition) is 5. The van der Waals surface area contributed by atoms with Crippen LogP contribution < -0.4 is 0 Å². The van der Waals surface area contributed by atoms with Crippen molar-refractivity contribution < 1.29 is 14.6 Å². The number of hydrogen-bond donors (Lipinski definition) is 0. The minimum atomic E-state index is -0.537. The van der Waals surface area contributed by atoms with E-state index in [4.69, 9.17) is 4.84 Å². The fraction of sp³-hybridized carbons (Fsp3) is 0.0667. The molecule has 106 valence electrons. The normalized spacial score (nSPS) is 11.0. The Hall–Kier alpha value is -3.02. The zero-order valence-corrected chi connectivity index (χ0v) is 11.2. The predicted molar refractivity (Wildman–Crippen MR) is 76.9 cm³/mol. The quantitative estimate of drug-likeness (QED) is 0.374. The van der Waals surface area contributed by atoms with E-state index in [1.165, 1.54) is 19.1 Å². The van der Waals surface area contributed by atoms with E-state index in [-0.39, 0.29) is 5.69 Å². The van der Waals surface area contributed by atoms with Gasteiger partial charge in [-0.25, -0.2) is 4.79 Å². The Morgan fingerprint density at radius 1 is 1.05 bits per heavy atom. The summed E-state index contributed by atoms with van der Waals surface area (Å²) in [5, 5.41) is 14.5. The average Bonchev–Trinajstić information content (AvgIpc) is 2.49. The number of carbonyl (C=O) groups excluding carboxylic acids is 1. The molecule has 0 heterocycles. The summed E-state index contributed by atoms with van der Waals surface area (Å²) in [5.74, 6) is -0.537. The van der Waals surface area contributed by atoms with E-state index in [1.54, 1.807) is 12.1 Å². The van der Waals surface area contributed by atoms with Gasteiger partial charge in [-0.1, -0.05) is 35.5 Å². The van der Waals surface area contributed by atoms with Gasteiger partial charge < -0.3 is 4.84 Å². The fourth-order valence-electron chi connectivity index (χ4n) is 1.72. The third kappa shape index (κ3) is 3.73. The maximum atomic E-state index is 10.9. The lowest BCUT2D eigenvalue weighted by Crippen LogP contribution is -2.06. The van der Waals surface area contributed by atoms with Gasteiger partial charge in [0.25, 0.3) is 5.69 Å². The molecule has 0 N–H and O–H groups in total. The van der Waals surface area contributed by atoms with Crippen molar-refractivity contribution in [3.8, 4) is 0 Å². The molecular weight excluding hydrogens is 272 g/mol. The molecule has 0 radical (unpaired) electrons. The third-order valence-corrected chi connectivity index (χ3v) is 2.66. The van der Waals surface area contributed by atoms with Gasteiger partial charge >= 0.3 is 5.97 Å². The van der Waals surface area contributed by atoms with Crippen molar-refractivity contribution in [3.63, 3.8) is 0 Å². The van der Waals surface area contributed by atoms with Crippen LogP contribution in [0.15, 0.2) is 59.8 Å². The summed E-state index contributed by atoms with van der Waals surface area (Å²) in [6, 6.07) is 15.0. The molecule has 0 saturated carbocycles. The van der Waals surface area contributed by atoms with E-state index in [9.17, 15) is 14.9 Å². The molecule has 0 bridgehead atoms. The number of rotatable bonds is 4. The van der Waals surface area contributed by atoms with Crippen molar-refractivity contribution >= 4 is 17.4 Å². The Bertz CT molecular complexity index is 679. The highest BCUT2D eigenvalue weighted by Crippen LogP contribution is 2.16. The van der Waals surface area contributed by atoms with Crippen molar-refractivity contribution in [2.24, 2.45) is 5.16 Å². The number of carbonyl (C=O) groups is 1. The molecule has 2 rings (SSSR count). The molecule has 0 spiro atoms. The second kappa shape index (κ2) is 6.42. The lowest BCUT2D eigenvalue weighted by atomic mass is 10.0. The molecular formula is C15H12N2O4. The van der Waals surface area contributed by atoms with Gasteiger partial charge in [0.1, 0.15) is 5.71 Å². The van der Waals surface area contributed by atoms with Crippen LogP contribution in [0.2, 0.25) is 0 Å². The standard InChI is InChI=1S/C15H12N2O4/c1-11(18)21-16-15(12-5-3-2-4-6-12)13-7-9-14(10-8-13)17(19)20/h2-10H,1H3/b16-15+. The van der Waals surface area contributed by atoms with Gasteiger partial charge in [-0.15, -0.1) is 0 Å². The summed E-state index contributed by atoms with van der Waals surface area (Å²) < 4.78 is 0. The molecule has 0 aliphatic rings. The SMILES string of the molecule is CC(=O)O/N=C(\c1ccccc1)c1ccc([N+](=O)[O-])cc1. The first kappa shape index (κ1) is 14.4.